The second-order valence-corrected chi connectivity index (χ2v) is 4.84. The third-order valence-corrected chi connectivity index (χ3v) is 3.27. The number of morpholine rings is 1. The van der Waals surface area contributed by atoms with Crippen LogP contribution in [0.5, 0.6) is 0 Å². The summed E-state index contributed by atoms with van der Waals surface area (Å²) >= 11 is 0. The van der Waals surface area contributed by atoms with Crippen molar-refractivity contribution in [1.29, 1.82) is 0 Å². The number of hydrogen-bond acceptors (Lipinski definition) is 2. The molecule has 2 heteroatoms. The molecular formula is C16H23NO. The van der Waals surface area contributed by atoms with E-state index >= 15 is 0 Å². The molecule has 1 unspecified atom stereocenters. The minimum Gasteiger partial charge on any atom is -0.378 e. The van der Waals surface area contributed by atoms with Crippen molar-refractivity contribution in [2.75, 3.05) is 19.8 Å². The average molecular weight is 245 g/mol. The summed E-state index contributed by atoms with van der Waals surface area (Å²) in [6, 6.07) is 9.23. The van der Waals surface area contributed by atoms with E-state index in [4.69, 9.17) is 4.74 Å². The smallest absolute Gasteiger partial charge is 0.0656 e. The zero-order valence-electron chi connectivity index (χ0n) is 11.2. The third-order valence-electron chi connectivity index (χ3n) is 3.27. The standard InChI is InChI=1S/C16H23NO/c1-2-3-4-14-5-7-15(8-6-14)9-10-16-13-18-12-11-17-16/h5-10,16-17H,2-4,11-13H2,1H3/b10-9+. The number of aryl methyl sites for hydroxylation is 1. The predicted molar refractivity (Wildman–Crippen MR) is 76.7 cm³/mol. The van der Waals surface area contributed by atoms with E-state index < -0.39 is 0 Å². The summed E-state index contributed by atoms with van der Waals surface area (Å²) in [7, 11) is 0. The van der Waals surface area contributed by atoms with Gasteiger partial charge >= 0.3 is 0 Å². The fourth-order valence-electron chi connectivity index (χ4n) is 2.11. The number of rotatable bonds is 5. The van der Waals surface area contributed by atoms with Crippen molar-refractivity contribution in [1.82, 2.24) is 5.32 Å². The maximum atomic E-state index is 5.42. The minimum absolute atomic E-state index is 0.360. The molecule has 18 heavy (non-hydrogen) atoms. The fraction of sp³-hybridized carbons (Fsp3) is 0.500. The van der Waals surface area contributed by atoms with Gasteiger partial charge < -0.3 is 10.1 Å². The lowest BCUT2D eigenvalue weighted by Gasteiger charge is -2.20. The Kier molecular flexibility index (Phi) is 5.43. The van der Waals surface area contributed by atoms with Gasteiger partial charge in [0, 0.05) is 12.6 Å². The Morgan fingerprint density at radius 1 is 1.33 bits per heavy atom. The monoisotopic (exact) mass is 245 g/mol. The van der Waals surface area contributed by atoms with Gasteiger partial charge in [-0.25, -0.2) is 0 Å². The third kappa shape index (κ3) is 4.28. The SMILES string of the molecule is CCCCc1ccc(/C=C/C2COCCN2)cc1. The first-order chi connectivity index (χ1) is 8.88. The molecule has 0 aliphatic carbocycles. The Bertz CT molecular complexity index is 363. The second kappa shape index (κ2) is 7.34. The van der Waals surface area contributed by atoms with Crippen LogP contribution in [0.15, 0.2) is 30.3 Å². The van der Waals surface area contributed by atoms with Crippen molar-refractivity contribution >= 4 is 6.08 Å². The Morgan fingerprint density at radius 2 is 2.17 bits per heavy atom. The van der Waals surface area contributed by atoms with E-state index in [-0.39, 0.29) is 0 Å². The first-order valence-corrected chi connectivity index (χ1v) is 6.97. The van der Waals surface area contributed by atoms with Crippen molar-refractivity contribution in [3.63, 3.8) is 0 Å². The number of hydrogen-bond donors (Lipinski definition) is 1. The van der Waals surface area contributed by atoms with Gasteiger partial charge in [-0.15, -0.1) is 0 Å². The molecule has 1 aliphatic rings. The highest BCUT2D eigenvalue weighted by Crippen LogP contribution is 2.10. The van der Waals surface area contributed by atoms with E-state index in [0.717, 1.165) is 19.8 Å². The van der Waals surface area contributed by atoms with E-state index in [9.17, 15) is 0 Å². The van der Waals surface area contributed by atoms with Gasteiger partial charge in [-0.3, -0.25) is 0 Å². The Labute approximate surface area is 110 Å². The first-order valence-electron chi connectivity index (χ1n) is 6.97. The van der Waals surface area contributed by atoms with E-state index in [1.165, 1.54) is 30.4 Å². The molecule has 0 spiro atoms. The molecule has 0 amide bonds. The van der Waals surface area contributed by atoms with Crippen LogP contribution in [-0.2, 0) is 11.2 Å². The van der Waals surface area contributed by atoms with Crippen LogP contribution in [0.2, 0.25) is 0 Å². The molecule has 0 bridgehead atoms. The minimum atomic E-state index is 0.360. The Morgan fingerprint density at radius 3 is 2.83 bits per heavy atom. The summed E-state index contributed by atoms with van der Waals surface area (Å²) in [4.78, 5) is 0. The molecule has 1 fully saturated rings. The molecule has 0 saturated carbocycles. The van der Waals surface area contributed by atoms with Crippen LogP contribution in [-0.4, -0.2) is 25.8 Å². The van der Waals surface area contributed by atoms with Gasteiger partial charge in [-0.1, -0.05) is 49.8 Å². The van der Waals surface area contributed by atoms with Gasteiger partial charge in [0.25, 0.3) is 0 Å². The second-order valence-electron chi connectivity index (χ2n) is 4.84. The van der Waals surface area contributed by atoms with Gasteiger partial charge in [0.1, 0.15) is 0 Å². The van der Waals surface area contributed by atoms with Crippen molar-refractivity contribution in [3.05, 3.63) is 41.5 Å². The summed E-state index contributed by atoms with van der Waals surface area (Å²) in [5.74, 6) is 0. The number of nitrogens with one attached hydrogen (secondary N) is 1. The van der Waals surface area contributed by atoms with Crippen LogP contribution in [0, 0.1) is 0 Å². The molecule has 2 nitrogen and oxygen atoms in total. The highest BCUT2D eigenvalue weighted by molar-refractivity contribution is 5.50. The van der Waals surface area contributed by atoms with Crippen LogP contribution < -0.4 is 5.32 Å². The van der Waals surface area contributed by atoms with Crippen molar-refractivity contribution in [2.45, 2.75) is 32.2 Å². The van der Waals surface area contributed by atoms with E-state index in [1.807, 2.05) is 0 Å². The lowest BCUT2D eigenvalue weighted by molar-refractivity contribution is 0.0903. The lowest BCUT2D eigenvalue weighted by Crippen LogP contribution is -2.39. The average Bonchev–Trinajstić information content (AvgIpc) is 2.45. The Balaban J connectivity index is 1.86. The molecule has 1 atom stereocenters. The molecule has 1 N–H and O–H groups in total. The molecule has 1 aliphatic heterocycles. The molecule has 98 valence electrons. The highest BCUT2D eigenvalue weighted by Gasteiger charge is 2.08. The van der Waals surface area contributed by atoms with Crippen LogP contribution in [0.4, 0.5) is 0 Å². The fourth-order valence-corrected chi connectivity index (χ4v) is 2.11. The maximum absolute atomic E-state index is 5.42. The molecular weight excluding hydrogens is 222 g/mol. The molecule has 1 saturated heterocycles. The van der Waals surface area contributed by atoms with Gasteiger partial charge in [-0.2, -0.15) is 0 Å². The number of unbranched alkanes of at least 4 members (excludes halogenated alkanes) is 1. The van der Waals surface area contributed by atoms with Crippen molar-refractivity contribution < 1.29 is 4.74 Å². The van der Waals surface area contributed by atoms with Crippen LogP contribution in [0.1, 0.15) is 30.9 Å². The zero-order valence-corrected chi connectivity index (χ0v) is 11.2. The molecule has 0 aromatic heterocycles. The van der Waals surface area contributed by atoms with Crippen molar-refractivity contribution in [2.24, 2.45) is 0 Å². The Hall–Kier alpha value is -1.12. The van der Waals surface area contributed by atoms with Gasteiger partial charge in [-0.05, 0) is 24.0 Å². The van der Waals surface area contributed by atoms with Crippen LogP contribution in [0.25, 0.3) is 6.08 Å². The summed E-state index contributed by atoms with van der Waals surface area (Å²) in [5.41, 5.74) is 2.70. The summed E-state index contributed by atoms with van der Waals surface area (Å²) in [6.07, 6.45) is 8.10. The van der Waals surface area contributed by atoms with Gasteiger partial charge in [0.2, 0.25) is 0 Å². The van der Waals surface area contributed by atoms with Crippen molar-refractivity contribution in [3.8, 4) is 0 Å². The predicted octanol–water partition coefficient (Wildman–Crippen LogP) is 3.03. The van der Waals surface area contributed by atoms with Gasteiger partial charge in [0.15, 0.2) is 0 Å². The van der Waals surface area contributed by atoms with Crippen LogP contribution >= 0.6 is 0 Å². The molecule has 1 aromatic carbocycles. The highest BCUT2D eigenvalue weighted by atomic mass is 16.5. The largest absolute Gasteiger partial charge is 0.378 e. The zero-order chi connectivity index (χ0) is 12.6. The lowest BCUT2D eigenvalue weighted by atomic mass is 10.1. The number of ether oxygens (including phenoxy) is 1. The summed E-state index contributed by atoms with van der Waals surface area (Å²) in [5, 5.41) is 3.42. The van der Waals surface area contributed by atoms with E-state index in [0.29, 0.717) is 6.04 Å². The molecule has 1 heterocycles. The first kappa shape index (κ1) is 13.3. The van der Waals surface area contributed by atoms with E-state index in [1.54, 1.807) is 0 Å². The maximum Gasteiger partial charge on any atom is 0.0656 e. The molecule has 2 rings (SSSR count). The van der Waals surface area contributed by atoms with Gasteiger partial charge in [0.05, 0.1) is 13.2 Å². The normalized spacial score (nSPS) is 20.4. The molecule has 0 radical (unpaired) electrons. The summed E-state index contributed by atoms with van der Waals surface area (Å²) in [6.45, 7) is 4.79. The summed E-state index contributed by atoms with van der Waals surface area (Å²) < 4.78 is 5.42. The topological polar surface area (TPSA) is 21.3 Å². The quantitative estimate of drug-likeness (QED) is 0.861. The van der Waals surface area contributed by atoms with E-state index in [2.05, 4.69) is 48.7 Å². The van der Waals surface area contributed by atoms with Crippen LogP contribution in [0.3, 0.4) is 0 Å². The molecule has 1 aromatic rings. The number of benzene rings is 1.